The van der Waals surface area contributed by atoms with Gasteiger partial charge in [0.1, 0.15) is 5.47 Å². The highest BCUT2D eigenvalue weighted by molar-refractivity contribution is 8.69. The van der Waals surface area contributed by atoms with Crippen LogP contribution < -0.4 is 0 Å². The normalized spacial score (nSPS) is 17.2. The van der Waals surface area contributed by atoms with Gasteiger partial charge in [-0.15, -0.1) is 0 Å². The summed E-state index contributed by atoms with van der Waals surface area (Å²) in [5.41, 5.74) is -1.11. The lowest BCUT2D eigenvalue weighted by molar-refractivity contribution is 0.0684. The van der Waals surface area contributed by atoms with E-state index in [1.54, 1.807) is 24.3 Å². The van der Waals surface area contributed by atoms with Crippen molar-refractivity contribution in [2.24, 2.45) is 0 Å². The summed E-state index contributed by atoms with van der Waals surface area (Å²) < 4.78 is 5.83. The standard InChI is InChI=1S/C14H18NO3PS2/c1-4-19(20,18-10(2)3)21-9-15-13(16)11-7-5-6-8-12(11)14(15)17/h5-8,10H,4,9H2,1-3H3. The van der Waals surface area contributed by atoms with Crippen molar-refractivity contribution in [3.63, 3.8) is 0 Å². The van der Waals surface area contributed by atoms with Gasteiger partial charge in [-0.1, -0.05) is 42.2 Å². The number of benzene rings is 1. The van der Waals surface area contributed by atoms with Gasteiger partial charge in [-0.25, -0.2) is 0 Å². The molecule has 0 aromatic heterocycles. The molecule has 0 spiro atoms. The smallest absolute Gasteiger partial charge is 0.262 e. The average molecular weight is 343 g/mol. The molecule has 0 bridgehead atoms. The second kappa shape index (κ2) is 6.61. The molecule has 1 aromatic carbocycles. The third-order valence-electron chi connectivity index (χ3n) is 3.02. The molecule has 0 radical (unpaired) electrons. The molecule has 1 aromatic rings. The molecule has 0 aliphatic carbocycles. The summed E-state index contributed by atoms with van der Waals surface area (Å²) >= 11 is 7.00. The predicted molar refractivity (Wildman–Crippen MR) is 90.4 cm³/mol. The van der Waals surface area contributed by atoms with Gasteiger partial charge in [0.25, 0.3) is 11.8 Å². The van der Waals surface area contributed by atoms with Crippen LogP contribution in [0.4, 0.5) is 0 Å². The number of carbonyl (C=O) groups is 2. The van der Waals surface area contributed by atoms with Crippen LogP contribution in [0.1, 0.15) is 41.5 Å². The molecule has 7 heteroatoms. The molecule has 1 atom stereocenters. The molecule has 0 saturated heterocycles. The number of rotatable bonds is 6. The molecule has 1 unspecified atom stereocenters. The van der Waals surface area contributed by atoms with Gasteiger partial charge < -0.3 is 4.52 Å². The van der Waals surface area contributed by atoms with E-state index in [0.717, 1.165) is 6.16 Å². The Balaban J connectivity index is 2.10. The first-order valence-electron chi connectivity index (χ1n) is 6.75. The topological polar surface area (TPSA) is 46.6 Å². The van der Waals surface area contributed by atoms with E-state index < -0.39 is 5.47 Å². The minimum atomic E-state index is -2.05. The molecule has 114 valence electrons. The van der Waals surface area contributed by atoms with Gasteiger partial charge in [-0.2, -0.15) is 0 Å². The number of amides is 2. The van der Waals surface area contributed by atoms with Crippen molar-refractivity contribution in [2.45, 2.75) is 26.9 Å². The zero-order chi connectivity index (χ0) is 15.6. The highest BCUT2D eigenvalue weighted by Crippen LogP contribution is 2.60. The van der Waals surface area contributed by atoms with Crippen molar-refractivity contribution in [2.75, 3.05) is 12.0 Å². The van der Waals surface area contributed by atoms with Crippen LogP contribution in [0.25, 0.3) is 0 Å². The van der Waals surface area contributed by atoms with E-state index in [0.29, 0.717) is 11.1 Å². The van der Waals surface area contributed by atoms with Gasteiger partial charge in [-0.3, -0.25) is 14.5 Å². The van der Waals surface area contributed by atoms with Crippen LogP contribution in [-0.4, -0.2) is 34.9 Å². The lowest BCUT2D eigenvalue weighted by Gasteiger charge is -2.24. The Hall–Kier alpha value is -0.680. The predicted octanol–water partition coefficient (Wildman–Crippen LogP) is 3.73. The van der Waals surface area contributed by atoms with E-state index in [4.69, 9.17) is 16.3 Å². The highest BCUT2D eigenvalue weighted by atomic mass is 32.9. The molecule has 2 amide bonds. The third kappa shape index (κ3) is 3.57. The SMILES string of the molecule is CCP(=S)(OC(C)C)SCN1C(=O)c2ccccc2C1=O. The maximum Gasteiger partial charge on any atom is 0.262 e. The summed E-state index contributed by atoms with van der Waals surface area (Å²) in [7, 11) is 0. The minimum Gasteiger partial charge on any atom is -0.339 e. The molecule has 1 heterocycles. The fourth-order valence-corrected chi connectivity index (χ4v) is 6.64. The van der Waals surface area contributed by atoms with Crippen LogP contribution in [-0.2, 0) is 16.3 Å². The molecule has 0 fully saturated rings. The summed E-state index contributed by atoms with van der Waals surface area (Å²) in [6, 6.07) is 6.89. The molecular formula is C14H18NO3PS2. The van der Waals surface area contributed by atoms with Crippen LogP contribution in [0.5, 0.6) is 0 Å². The maximum atomic E-state index is 12.3. The maximum absolute atomic E-state index is 12.3. The zero-order valence-corrected chi connectivity index (χ0v) is 14.8. The molecule has 1 aliphatic rings. The van der Waals surface area contributed by atoms with Gasteiger partial charge in [0.05, 0.1) is 23.1 Å². The third-order valence-corrected chi connectivity index (χ3v) is 9.85. The Labute approximate surface area is 134 Å². The number of fused-ring (bicyclic) bond motifs is 1. The lowest BCUT2D eigenvalue weighted by atomic mass is 10.1. The zero-order valence-electron chi connectivity index (χ0n) is 12.2. The molecule has 0 N–H and O–H groups in total. The second-order valence-corrected chi connectivity index (χ2v) is 12.5. The van der Waals surface area contributed by atoms with Crippen LogP contribution in [0.2, 0.25) is 0 Å². The Morgan fingerprint density at radius 1 is 1.24 bits per heavy atom. The van der Waals surface area contributed by atoms with Crippen molar-refractivity contribution in [1.82, 2.24) is 4.90 Å². The second-order valence-electron chi connectivity index (χ2n) is 4.92. The first-order valence-corrected chi connectivity index (χ1v) is 11.2. The molecule has 21 heavy (non-hydrogen) atoms. The quantitative estimate of drug-likeness (QED) is 0.582. The fraction of sp³-hybridized carbons (Fsp3) is 0.429. The van der Waals surface area contributed by atoms with Gasteiger partial charge in [0.15, 0.2) is 0 Å². The monoisotopic (exact) mass is 343 g/mol. The van der Waals surface area contributed by atoms with E-state index in [1.165, 1.54) is 16.3 Å². The number of imide groups is 1. The van der Waals surface area contributed by atoms with Crippen molar-refractivity contribution in [3.05, 3.63) is 35.4 Å². The first-order chi connectivity index (χ1) is 9.88. The van der Waals surface area contributed by atoms with Gasteiger partial charge in [0.2, 0.25) is 0 Å². The van der Waals surface area contributed by atoms with Crippen molar-refractivity contribution in [1.29, 1.82) is 0 Å². The number of carbonyl (C=O) groups excluding carboxylic acids is 2. The fourth-order valence-electron chi connectivity index (χ4n) is 2.02. The van der Waals surface area contributed by atoms with E-state index in [9.17, 15) is 9.59 Å². The van der Waals surface area contributed by atoms with Crippen molar-refractivity contribution < 1.29 is 14.1 Å². The largest absolute Gasteiger partial charge is 0.339 e. The van der Waals surface area contributed by atoms with Crippen LogP contribution in [0, 0.1) is 0 Å². The van der Waals surface area contributed by atoms with Crippen molar-refractivity contribution in [3.8, 4) is 0 Å². The van der Waals surface area contributed by atoms with Crippen LogP contribution in [0.15, 0.2) is 24.3 Å². The van der Waals surface area contributed by atoms with E-state index in [1.807, 2.05) is 20.8 Å². The summed E-state index contributed by atoms with van der Waals surface area (Å²) in [5, 5.41) is 0. The lowest BCUT2D eigenvalue weighted by Crippen LogP contribution is -2.29. The van der Waals surface area contributed by atoms with E-state index in [-0.39, 0.29) is 23.8 Å². The first kappa shape index (κ1) is 16.7. The summed E-state index contributed by atoms with van der Waals surface area (Å²) in [6.45, 7) is 5.87. The van der Waals surface area contributed by atoms with E-state index >= 15 is 0 Å². The molecular weight excluding hydrogens is 325 g/mol. The Kier molecular flexibility index (Phi) is 5.25. The van der Waals surface area contributed by atoms with Crippen molar-refractivity contribution >= 4 is 40.5 Å². The van der Waals surface area contributed by atoms with Gasteiger partial charge in [0, 0.05) is 6.16 Å². The van der Waals surface area contributed by atoms with E-state index in [2.05, 4.69) is 0 Å². The molecule has 4 nitrogen and oxygen atoms in total. The summed E-state index contributed by atoms with van der Waals surface area (Å²) in [4.78, 5) is 25.8. The number of hydrogen-bond acceptors (Lipinski definition) is 5. The Morgan fingerprint density at radius 3 is 2.19 bits per heavy atom. The molecule has 1 aliphatic heterocycles. The Morgan fingerprint density at radius 2 is 1.76 bits per heavy atom. The highest BCUT2D eigenvalue weighted by Gasteiger charge is 2.36. The number of hydrogen-bond donors (Lipinski definition) is 0. The molecule has 2 rings (SSSR count). The minimum absolute atomic E-state index is 0.0467. The Bertz CT molecular complexity index is 583. The molecule has 0 saturated carbocycles. The summed E-state index contributed by atoms with van der Waals surface area (Å²) in [5.74, 6) is -0.236. The van der Waals surface area contributed by atoms with Gasteiger partial charge in [-0.05, 0) is 26.0 Å². The van der Waals surface area contributed by atoms with Crippen LogP contribution >= 0.6 is 16.8 Å². The van der Waals surface area contributed by atoms with Gasteiger partial charge >= 0.3 is 0 Å². The average Bonchev–Trinajstić information content (AvgIpc) is 2.69. The van der Waals surface area contributed by atoms with Crippen LogP contribution in [0.3, 0.4) is 0 Å². The number of nitrogens with zero attached hydrogens (tertiary/aromatic N) is 1. The summed E-state index contributed by atoms with van der Waals surface area (Å²) in [6.07, 6.45) is 0.777.